The quantitative estimate of drug-likeness (QED) is 0.767. The predicted octanol–water partition coefficient (Wildman–Crippen LogP) is 1.98. The lowest BCUT2D eigenvalue weighted by atomic mass is 10.0. The molecule has 0 aromatic carbocycles. The molecule has 1 N–H and O–H groups in total. The van der Waals surface area contributed by atoms with E-state index in [1.165, 1.54) is 19.3 Å². The van der Waals surface area contributed by atoms with Crippen LogP contribution in [0, 0.1) is 5.92 Å². The molecule has 0 aliphatic carbocycles. The maximum Gasteiger partial charge on any atom is 0.152 e. The average Bonchev–Trinajstić information content (AvgIpc) is 2.82. The Balaban J connectivity index is 1.66. The van der Waals surface area contributed by atoms with Crippen molar-refractivity contribution in [2.24, 2.45) is 5.92 Å². The van der Waals surface area contributed by atoms with Gasteiger partial charge in [0.2, 0.25) is 0 Å². The number of nitrogens with one attached hydrogen (secondary N) is 1. The number of nitrogens with zero attached hydrogens (tertiary/aromatic N) is 3. The van der Waals surface area contributed by atoms with E-state index in [0.717, 1.165) is 31.9 Å². The molecule has 1 aromatic heterocycles. The van der Waals surface area contributed by atoms with Crippen molar-refractivity contribution in [3.05, 3.63) is 12.2 Å². The molecule has 1 aliphatic heterocycles. The van der Waals surface area contributed by atoms with Crippen molar-refractivity contribution in [3.8, 4) is 0 Å². The summed E-state index contributed by atoms with van der Waals surface area (Å²) in [5, 5.41) is 7.78. The zero-order valence-corrected chi connectivity index (χ0v) is 12.1. The first-order valence-corrected chi connectivity index (χ1v) is 7.43. The average molecular weight is 266 g/mol. The molecule has 0 radical (unpaired) electrons. The highest BCUT2D eigenvalue weighted by atomic mass is 16.5. The third-order valence-electron chi connectivity index (χ3n) is 3.49. The predicted molar refractivity (Wildman–Crippen MR) is 74.8 cm³/mol. The van der Waals surface area contributed by atoms with Gasteiger partial charge in [-0.25, -0.2) is 9.67 Å². The standard InChI is InChI=1S/C14H26N4O/c1-12(2)9-18-14(16-11-17-18)10-19-8-6-13-5-3-4-7-15-13/h11-13,15H,3-10H2,1-2H3. The molecule has 0 spiro atoms. The van der Waals surface area contributed by atoms with Gasteiger partial charge in [0.1, 0.15) is 12.9 Å². The number of piperidine rings is 1. The van der Waals surface area contributed by atoms with E-state index in [1.807, 2.05) is 4.68 Å². The Morgan fingerprint density at radius 2 is 2.37 bits per heavy atom. The van der Waals surface area contributed by atoms with Gasteiger partial charge in [0.15, 0.2) is 5.82 Å². The Hall–Kier alpha value is -0.940. The Morgan fingerprint density at radius 3 is 3.11 bits per heavy atom. The summed E-state index contributed by atoms with van der Waals surface area (Å²) in [5.41, 5.74) is 0. The van der Waals surface area contributed by atoms with Gasteiger partial charge in [-0.1, -0.05) is 20.3 Å². The highest BCUT2D eigenvalue weighted by molar-refractivity contribution is 4.82. The molecule has 108 valence electrons. The SMILES string of the molecule is CC(C)Cn1ncnc1COCCC1CCCCN1. The minimum Gasteiger partial charge on any atom is -0.373 e. The van der Waals surface area contributed by atoms with Gasteiger partial charge in [-0.2, -0.15) is 5.10 Å². The van der Waals surface area contributed by atoms with Crippen LogP contribution in [0.4, 0.5) is 0 Å². The zero-order chi connectivity index (χ0) is 13.5. The fourth-order valence-corrected chi connectivity index (χ4v) is 2.46. The molecule has 2 rings (SSSR count). The first kappa shape index (κ1) is 14.5. The summed E-state index contributed by atoms with van der Waals surface area (Å²) in [5.74, 6) is 1.51. The Bertz CT molecular complexity index is 358. The van der Waals surface area contributed by atoms with Crippen molar-refractivity contribution in [1.29, 1.82) is 0 Å². The van der Waals surface area contributed by atoms with Crippen molar-refractivity contribution >= 4 is 0 Å². The van der Waals surface area contributed by atoms with E-state index in [2.05, 4.69) is 29.2 Å². The molecule has 19 heavy (non-hydrogen) atoms. The second-order valence-electron chi connectivity index (χ2n) is 5.74. The van der Waals surface area contributed by atoms with Gasteiger partial charge < -0.3 is 10.1 Å². The van der Waals surface area contributed by atoms with E-state index >= 15 is 0 Å². The maximum atomic E-state index is 5.74. The van der Waals surface area contributed by atoms with Crippen LogP contribution in [0.2, 0.25) is 0 Å². The third-order valence-corrected chi connectivity index (χ3v) is 3.49. The number of aromatic nitrogens is 3. The van der Waals surface area contributed by atoms with Crippen molar-refractivity contribution < 1.29 is 4.74 Å². The number of hydrogen-bond donors (Lipinski definition) is 1. The van der Waals surface area contributed by atoms with Gasteiger partial charge in [-0.15, -0.1) is 0 Å². The van der Waals surface area contributed by atoms with Crippen LogP contribution in [0.15, 0.2) is 6.33 Å². The van der Waals surface area contributed by atoms with Crippen LogP contribution in [0.3, 0.4) is 0 Å². The number of hydrogen-bond acceptors (Lipinski definition) is 4. The van der Waals surface area contributed by atoms with E-state index < -0.39 is 0 Å². The molecule has 0 amide bonds. The molecule has 1 saturated heterocycles. The topological polar surface area (TPSA) is 52.0 Å². The number of rotatable bonds is 7. The van der Waals surface area contributed by atoms with Gasteiger partial charge >= 0.3 is 0 Å². The van der Waals surface area contributed by atoms with Gasteiger partial charge in [0.05, 0.1) is 0 Å². The highest BCUT2D eigenvalue weighted by Crippen LogP contribution is 2.10. The molecule has 1 aromatic rings. The summed E-state index contributed by atoms with van der Waals surface area (Å²) >= 11 is 0. The van der Waals surface area contributed by atoms with E-state index in [0.29, 0.717) is 18.6 Å². The van der Waals surface area contributed by atoms with Gasteiger partial charge in [0.25, 0.3) is 0 Å². The van der Waals surface area contributed by atoms with E-state index in [4.69, 9.17) is 4.74 Å². The summed E-state index contributed by atoms with van der Waals surface area (Å²) in [6, 6.07) is 0.641. The van der Waals surface area contributed by atoms with Gasteiger partial charge in [0, 0.05) is 19.2 Å². The van der Waals surface area contributed by atoms with Crippen molar-refractivity contribution in [2.45, 2.75) is 58.7 Å². The van der Waals surface area contributed by atoms with Crippen LogP contribution in [0.5, 0.6) is 0 Å². The van der Waals surface area contributed by atoms with Crippen LogP contribution in [0.1, 0.15) is 45.4 Å². The number of ether oxygens (including phenoxy) is 1. The Morgan fingerprint density at radius 1 is 1.47 bits per heavy atom. The molecular weight excluding hydrogens is 240 g/mol. The summed E-state index contributed by atoms with van der Waals surface area (Å²) in [6.45, 7) is 7.80. The molecule has 1 fully saturated rings. The van der Waals surface area contributed by atoms with Crippen molar-refractivity contribution in [2.75, 3.05) is 13.2 Å². The minimum absolute atomic E-state index is 0.569. The second kappa shape index (κ2) is 7.60. The molecule has 0 bridgehead atoms. The van der Waals surface area contributed by atoms with Crippen LogP contribution in [0.25, 0.3) is 0 Å². The molecule has 0 saturated carbocycles. The Labute approximate surface area is 115 Å². The zero-order valence-electron chi connectivity index (χ0n) is 12.1. The summed E-state index contributed by atoms with van der Waals surface area (Å²) in [7, 11) is 0. The molecular formula is C14H26N4O. The summed E-state index contributed by atoms with van der Waals surface area (Å²) < 4.78 is 7.69. The Kier molecular flexibility index (Phi) is 5.79. The molecule has 2 heterocycles. The fourth-order valence-electron chi connectivity index (χ4n) is 2.46. The smallest absolute Gasteiger partial charge is 0.152 e. The lowest BCUT2D eigenvalue weighted by Gasteiger charge is -2.23. The third kappa shape index (κ3) is 4.91. The first-order chi connectivity index (χ1) is 9.25. The lowest BCUT2D eigenvalue weighted by molar-refractivity contribution is 0.0998. The summed E-state index contributed by atoms with van der Waals surface area (Å²) in [6.07, 6.45) is 6.66. The molecule has 1 atom stereocenters. The normalized spacial score (nSPS) is 20.1. The minimum atomic E-state index is 0.569. The van der Waals surface area contributed by atoms with E-state index in [1.54, 1.807) is 6.33 Å². The van der Waals surface area contributed by atoms with Crippen LogP contribution in [-0.4, -0.2) is 34.0 Å². The second-order valence-corrected chi connectivity index (χ2v) is 5.74. The van der Waals surface area contributed by atoms with Crippen LogP contribution in [-0.2, 0) is 17.9 Å². The fraction of sp³-hybridized carbons (Fsp3) is 0.857. The van der Waals surface area contributed by atoms with E-state index in [9.17, 15) is 0 Å². The largest absolute Gasteiger partial charge is 0.373 e. The van der Waals surface area contributed by atoms with Crippen LogP contribution < -0.4 is 5.32 Å². The maximum absolute atomic E-state index is 5.74. The molecule has 5 nitrogen and oxygen atoms in total. The van der Waals surface area contributed by atoms with Gasteiger partial charge in [-0.3, -0.25) is 0 Å². The molecule has 1 aliphatic rings. The van der Waals surface area contributed by atoms with Crippen molar-refractivity contribution in [3.63, 3.8) is 0 Å². The first-order valence-electron chi connectivity index (χ1n) is 7.43. The lowest BCUT2D eigenvalue weighted by Crippen LogP contribution is -2.34. The van der Waals surface area contributed by atoms with Gasteiger partial charge in [-0.05, 0) is 31.7 Å². The highest BCUT2D eigenvalue weighted by Gasteiger charge is 2.12. The van der Waals surface area contributed by atoms with Crippen molar-refractivity contribution in [1.82, 2.24) is 20.1 Å². The monoisotopic (exact) mass is 266 g/mol. The van der Waals surface area contributed by atoms with E-state index in [-0.39, 0.29) is 0 Å². The molecule has 5 heteroatoms. The summed E-state index contributed by atoms with van der Waals surface area (Å²) in [4.78, 5) is 4.26. The molecule has 1 unspecified atom stereocenters. The van der Waals surface area contributed by atoms with Crippen LogP contribution >= 0.6 is 0 Å².